The molecule has 5 nitrogen and oxygen atoms in total. The van der Waals surface area contributed by atoms with Crippen LogP contribution in [0.25, 0.3) is 5.76 Å². The number of aryl methyl sites for hydroxylation is 1. The van der Waals surface area contributed by atoms with Crippen molar-refractivity contribution in [2.24, 2.45) is 0 Å². The first-order chi connectivity index (χ1) is 14.9. The SMILES string of the molecule is CCc1ccc(/C(O)=C2\C(=O)C(=O)N(c3cccc(Cl)c3)C2c2ccc(O)cc2)cc1. The summed E-state index contributed by atoms with van der Waals surface area (Å²) in [5.74, 6) is -1.73. The van der Waals surface area contributed by atoms with E-state index in [0.717, 1.165) is 12.0 Å². The van der Waals surface area contributed by atoms with Crippen LogP contribution in [-0.2, 0) is 16.0 Å². The van der Waals surface area contributed by atoms with Crippen molar-refractivity contribution in [2.45, 2.75) is 19.4 Å². The van der Waals surface area contributed by atoms with Gasteiger partial charge in [-0.15, -0.1) is 0 Å². The van der Waals surface area contributed by atoms with Gasteiger partial charge in [0.25, 0.3) is 11.7 Å². The Labute approximate surface area is 184 Å². The Morgan fingerprint density at radius 2 is 1.68 bits per heavy atom. The number of anilines is 1. The van der Waals surface area contributed by atoms with E-state index in [1.807, 2.05) is 19.1 Å². The fourth-order valence-electron chi connectivity index (χ4n) is 3.75. The van der Waals surface area contributed by atoms with E-state index >= 15 is 0 Å². The molecule has 156 valence electrons. The van der Waals surface area contributed by atoms with Gasteiger partial charge in [0.1, 0.15) is 11.5 Å². The Morgan fingerprint density at radius 1 is 1.00 bits per heavy atom. The Kier molecular flexibility index (Phi) is 5.53. The smallest absolute Gasteiger partial charge is 0.300 e. The van der Waals surface area contributed by atoms with Crippen molar-refractivity contribution in [3.63, 3.8) is 0 Å². The number of amides is 1. The third-order valence-electron chi connectivity index (χ3n) is 5.38. The number of phenols is 1. The van der Waals surface area contributed by atoms with Crippen LogP contribution in [0.5, 0.6) is 5.75 Å². The van der Waals surface area contributed by atoms with E-state index in [2.05, 4.69) is 0 Å². The second-order valence-electron chi connectivity index (χ2n) is 7.29. The number of carbonyl (C=O) groups excluding carboxylic acids is 2. The monoisotopic (exact) mass is 433 g/mol. The largest absolute Gasteiger partial charge is 0.508 e. The lowest BCUT2D eigenvalue weighted by molar-refractivity contribution is -0.132. The van der Waals surface area contributed by atoms with Crippen molar-refractivity contribution in [3.05, 3.63) is 100 Å². The molecule has 1 amide bonds. The highest BCUT2D eigenvalue weighted by Crippen LogP contribution is 2.42. The van der Waals surface area contributed by atoms with Gasteiger partial charge in [-0.1, -0.05) is 61.0 Å². The van der Waals surface area contributed by atoms with Gasteiger partial charge in [-0.25, -0.2) is 0 Å². The Hall–Kier alpha value is -3.57. The Bertz CT molecular complexity index is 1180. The second-order valence-corrected chi connectivity index (χ2v) is 7.73. The molecular weight excluding hydrogens is 414 g/mol. The number of Topliss-reactive ketones (excluding diaryl/α,β-unsaturated/α-hetero) is 1. The summed E-state index contributed by atoms with van der Waals surface area (Å²) in [5, 5.41) is 21.2. The standard InChI is InChI=1S/C25H20ClNO4/c1-2-15-6-8-17(9-7-15)23(29)21-22(16-10-12-20(28)13-11-16)27(25(31)24(21)30)19-5-3-4-18(26)14-19/h3-14,22,28-29H,2H2,1H3/b23-21+. The van der Waals surface area contributed by atoms with Crippen molar-refractivity contribution in [2.75, 3.05) is 4.90 Å². The number of aliphatic hydroxyl groups excluding tert-OH is 1. The number of hydrogen-bond acceptors (Lipinski definition) is 4. The van der Waals surface area contributed by atoms with Crippen LogP contribution in [0.15, 0.2) is 78.4 Å². The maximum absolute atomic E-state index is 13.1. The quantitative estimate of drug-likeness (QED) is 0.335. The van der Waals surface area contributed by atoms with Gasteiger partial charge in [0.2, 0.25) is 0 Å². The molecule has 0 aromatic heterocycles. The lowest BCUT2D eigenvalue weighted by atomic mass is 9.94. The summed E-state index contributed by atoms with van der Waals surface area (Å²) < 4.78 is 0. The summed E-state index contributed by atoms with van der Waals surface area (Å²) in [4.78, 5) is 27.5. The summed E-state index contributed by atoms with van der Waals surface area (Å²) >= 11 is 6.13. The number of ketones is 1. The zero-order chi connectivity index (χ0) is 22.1. The van der Waals surface area contributed by atoms with Gasteiger partial charge in [-0.2, -0.15) is 0 Å². The molecule has 2 N–H and O–H groups in total. The van der Waals surface area contributed by atoms with E-state index in [9.17, 15) is 19.8 Å². The molecule has 6 heteroatoms. The average molecular weight is 434 g/mol. The first-order valence-electron chi connectivity index (χ1n) is 9.85. The molecule has 1 aliphatic rings. The molecule has 1 heterocycles. The van der Waals surface area contributed by atoms with Crippen LogP contribution in [0.3, 0.4) is 0 Å². The lowest BCUT2D eigenvalue weighted by Crippen LogP contribution is -2.29. The molecule has 0 radical (unpaired) electrons. The topological polar surface area (TPSA) is 77.8 Å². The Balaban J connectivity index is 1.92. The highest BCUT2D eigenvalue weighted by atomic mass is 35.5. The molecule has 0 spiro atoms. The summed E-state index contributed by atoms with van der Waals surface area (Å²) in [5.41, 5.74) is 2.53. The van der Waals surface area contributed by atoms with Gasteiger partial charge in [-0.3, -0.25) is 14.5 Å². The molecule has 1 saturated heterocycles. The van der Waals surface area contributed by atoms with Crippen LogP contribution >= 0.6 is 11.6 Å². The van der Waals surface area contributed by atoms with Crippen LogP contribution in [0.1, 0.15) is 29.7 Å². The van der Waals surface area contributed by atoms with Crippen molar-refractivity contribution in [3.8, 4) is 5.75 Å². The highest BCUT2D eigenvalue weighted by Gasteiger charge is 2.47. The van der Waals surface area contributed by atoms with Crippen molar-refractivity contribution in [1.29, 1.82) is 0 Å². The molecule has 31 heavy (non-hydrogen) atoms. The second kappa shape index (κ2) is 8.28. The van der Waals surface area contributed by atoms with Crippen molar-refractivity contribution >= 4 is 34.7 Å². The van der Waals surface area contributed by atoms with E-state index in [4.69, 9.17) is 11.6 Å². The molecule has 3 aromatic rings. The predicted octanol–water partition coefficient (Wildman–Crippen LogP) is 5.23. The minimum atomic E-state index is -0.870. The summed E-state index contributed by atoms with van der Waals surface area (Å²) in [7, 11) is 0. The number of halogens is 1. The number of hydrogen-bond donors (Lipinski definition) is 2. The summed E-state index contributed by atoms with van der Waals surface area (Å²) in [6.07, 6.45) is 0.841. The zero-order valence-corrected chi connectivity index (χ0v) is 17.5. The molecule has 0 bridgehead atoms. The van der Waals surface area contributed by atoms with E-state index in [1.54, 1.807) is 48.5 Å². The Morgan fingerprint density at radius 3 is 2.29 bits per heavy atom. The van der Waals surface area contributed by atoms with E-state index in [1.165, 1.54) is 17.0 Å². The summed E-state index contributed by atoms with van der Waals surface area (Å²) in [6.45, 7) is 2.02. The van der Waals surface area contributed by atoms with Crippen LogP contribution in [0.4, 0.5) is 5.69 Å². The average Bonchev–Trinajstić information content (AvgIpc) is 3.04. The molecule has 3 aromatic carbocycles. The maximum Gasteiger partial charge on any atom is 0.300 e. The molecule has 1 aliphatic heterocycles. The molecule has 0 aliphatic carbocycles. The number of benzene rings is 3. The number of rotatable bonds is 4. The number of nitrogens with zero attached hydrogens (tertiary/aromatic N) is 1. The van der Waals surface area contributed by atoms with E-state index in [-0.39, 0.29) is 17.1 Å². The third-order valence-corrected chi connectivity index (χ3v) is 5.61. The minimum Gasteiger partial charge on any atom is -0.508 e. The van der Waals surface area contributed by atoms with Crippen molar-refractivity contribution < 1.29 is 19.8 Å². The molecule has 1 atom stereocenters. The van der Waals surface area contributed by atoms with Crippen molar-refractivity contribution in [1.82, 2.24) is 0 Å². The van der Waals surface area contributed by atoms with Gasteiger partial charge >= 0.3 is 0 Å². The third kappa shape index (κ3) is 3.80. The fourth-order valence-corrected chi connectivity index (χ4v) is 3.94. The molecule has 0 saturated carbocycles. The molecule has 1 fully saturated rings. The van der Waals surface area contributed by atoms with Crippen LogP contribution in [0.2, 0.25) is 5.02 Å². The molecule has 4 rings (SSSR count). The number of aromatic hydroxyl groups is 1. The lowest BCUT2D eigenvalue weighted by Gasteiger charge is -2.25. The highest BCUT2D eigenvalue weighted by molar-refractivity contribution is 6.51. The van der Waals surface area contributed by atoms with Gasteiger partial charge in [0, 0.05) is 16.3 Å². The van der Waals surface area contributed by atoms with Gasteiger partial charge in [-0.05, 0) is 47.9 Å². The van der Waals surface area contributed by atoms with E-state index < -0.39 is 17.7 Å². The zero-order valence-electron chi connectivity index (χ0n) is 16.7. The normalized spacial score (nSPS) is 17.9. The maximum atomic E-state index is 13.1. The number of phenolic OH excluding ortho intramolecular Hbond substituents is 1. The number of carbonyl (C=O) groups is 2. The molecule has 1 unspecified atom stereocenters. The number of aliphatic hydroxyl groups is 1. The van der Waals surface area contributed by atoms with Gasteiger partial charge in [0.05, 0.1) is 11.6 Å². The van der Waals surface area contributed by atoms with E-state index in [0.29, 0.717) is 21.8 Å². The predicted molar refractivity (Wildman–Crippen MR) is 120 cm³/mol. The van der Waals surface area contributed by atoms with Crippen LogP contribution < -0.4 is 4.90 Å². The summed E-state index contributed by atoms with van der Waals surface area (Å²) in [6, 6.07) is 19.2. The minimum absolute atomic E-state index is 0.0140. The first kappa shape index (κ1) is 20.7. The van der Waals surface area contributed by atoms with Crippen LogP contribution in [0, 0.1) is 0 Å². The van der Waals surface area contributed by atoms with Gasteiger partial charge in [0.15, 0.2) is 0 Å². The molecular formula is C25H20ClNO4. The van der Waals surface area contributed by atoms with Gasteiger partial charge < -0.3 is 10.2 Å². The first-order valence-corrected chi connectivity index (χ1v) is 10.2. The fraction of sp³-hybridized carbons (Fsp3) is 0.120. The van der Waals surface area contributed by atoms with Crippen LogP contribution in [-0.4, -0.2) is 21.9 Å².